The first-order valence-electron chi connectivity index (χ1n) is 6.05. The molecule has 0 radical (unpaired) electrons. The van der Waals surface area contributed by atoms with Gasteiger partial charge in [-0.25, -0.2) is 0 Å². The van der Waals surface area contributed by atoms with Crippen LogP contribution in [0.5, 0.6) is 0 Å². The Balaban J connectivity index is 1.89. The zero-order chi connectivity index (χ0) is 13.4. The number of nitrogens with two attached hydrogens (primary N) is 1. The number of aromatic nitrogens is 1. The van der Waals surface area contributed by atoms with E-state index in [4.69, 9.17) is 14.6 Å². The Bertz CT molecular complexity index is 714. The molecule has 0 amide bonds. The highest BCUT2D eigenvalue weighted by molar-refractivity contribution is 5.86. The molecular weight excluding hydrogens is 242 g/mol. The van der Waals surface area contributed by atoms with E-state index in [0.29, 0.717) is 29.3 Å². The zero-order valence-corrected chi connectivity index (χ0v) is 10.9. The lowest BCUT2D eigenvalue weighted by Gasteiger charge is -2.11. The van der Waals surface area contributed by atoms with Crippen molar-refractivity contribution in [3.63, 3.8) is 0 Å². The highest BCUT2D eigenvalue weighted by Crippen LogP contribution is 2.26. The number of hydrogen-bond acceptors (Lipinski definition) is 5. The fourth-order valence-corrected chi connectivity index (χ4v) is 1.99. The van der Waals surface area contributed by atoms with Gasteiger partial charge >= 0.3 is 0 Å². The lowest BCUT2D eigenvalue weighted by molar-refractivity contribution is 0.473. The van der Waals surface area contributed by atoms with Crippen LogP contribution >= 0.6 is 0 Å². The van der Waals surface area contributed by atoms with Crippen molar-refractivity contribution in [2.24, 2.45) is 0 Å². The number of fused-ring (bicyclic) bond motifs is 1. The summed E-state index contributed by atoms with van der Waals surface area (Å²) >= 11 is 0. The Hall–Kier alpha value is -2.43. The van der Waals surface area contributed by atoms with Crippen LogP contribution in [0.15, 0.2) is 39.2 Å². The molecule has 0 spiro atoms. The third-order valence-corrected chi connectivity index (χ3v) is 2.95. The van der Waals surface area contributed by atoms with E-state index in [0.717, 1.165) is 11.5 Å². The average molecular weight is 257 g/mol. The van der Waals surface area contributed by atoms with Gasteiger partial charge in [0.05, 0.1) is 12.2 Å². The number of hydrogen-bond donors (Lipinski definition) is 1. The largest absolute Gasteiger partial charge is 0.464 e. The van der Waals surface area contributed by atoms with Gasteiger partial charge in [0.2, 0.25) is 0 Å². The van der Waals surface area contributed by atoms with Crippen molar-refractivity contribution in [2.75, 3.05) is 17.7 Å². The van der Waals surface area contributed by atoms with Crippen molar-refractivity contribution in [3.05, 3.63) is 41.9 Å². The van der Waals surface area contributed by atoms with E-state index in [-0.39, 0.29) is 0 Å². The minimum Gasteiger partial charge on any atom is -0.464 e. The summed E-state index contributed by atoms with van der Waals surface area (Å²) in [6.45, 7) is 2.52. The van der Waals surface area contributed by atoms with Crippen LogP contribution in [0.1, 0.15) is 11.5 Å². The first kappa shape index (κ1) is 11.6. The van der Waals surface area contributed by atoms with E-state index < -0.39 is 0 Å². The molecule has 0 aliphatic carbocycles. The van der Waals surface area contributed by atoms with E-state index in [1.807, 2.05) is 49.2 Å². The maximum absolute atomic E-state index is 5.87. The van der Waals surface area contributed by atoms with Crippen molar-refractivity contribution >= 4 is 22.8 Å². The monoisotopic (exact) mass is 257 g/mol. The van der Waals surface area contributed by atoms with Crippen LogP contribution in [0.4, 0.5) is 11.7 Å². The molecule has 1 aromatic carbocycles. The Morgan fingerprint density at radius 1 is 1.21 bits per heavy atom. The molecule has 0 saturated heterocycles. The molecule has 19 heavy (non-hydrogen) atoms. The first-order chi connectivity index (χ1) is 9.13. The fourth-order valence-electron chi connectivity index (χ4n) is 1.99. The van der Waals surface area contributed by atoms with Crippen molar-refractivity contribution in [3.8, 4) is 0 Å². The van der Waals surface area contributed by atoms with Crippen molar-refractivity contribution in [1.82, 2.24) is 4.98 Å². The molecule has 0 fully saturated rings. The van der Waals surface area contributed by atoms with Crippen LogP contribution in [0.25, 0.3) is 11.1 Å². The van der Waals surface area contributed by atoms with E-state index in [2.05, 4.69) is 4.98 Å². The minimum absolute atomic E-state index is 0.530. The standard InChI is InChI=1S/C14H15N3O2/c1-9-6-7-10(18-9)8-17(2)14-16-13-11(15)4-3-5-12(13)19-14/h3-7H,8,15H2,1-2H3. The SMILES string of the molecule is Cc1ccc(CN(C)c2nc3c(N)cccc3o2)o1. The predicted molar refractivity (Wildman–Crippen MR) is 74.0 cm³/mol. The lowest BCUT2D eigenvalue weighted by atomic mass is 10.3. The number of para-hydroxylation sites is 1. The van der Waals surface area contributed by atoms with E-state index in [1.165, 1.54) is 0 Å². The van der Waals surface area contributed by atoms with Gasteiger partial charge in [0, 0.05) is 7.05 Å². The highest BCUT2D eigenvalue weighted by atomic mass is 16.4. The topological polar surface area (TPSA) is 68.4 Å². The van der Waals surface area contributed by atoms with Gasteiger partial charge < -0.3 is 19.5 Å². The molecule has 0 atom stereocenters. The first-order valence-corrected chi connectivity index (χ1v) is 6.05. The summed E-state index contributed by atoms with van der Waals surface area (Å²) < 4.78 is 11.2. The third-order valence-electron chi connectivity index (χ3n) is 2.95. The summed E-state index contributed by atoms with van der Waals surface area (Å²) in [5, 5.41) is 0. The predicted octanol–water partition coefficient (Wildman–Crippen LogP) is 2.95. The number of anilines is 2. The Morgan fingerprint density at radius 3 is 2.74 bits per heavy atom. The minimum atomic E-state index is 0.530. The summed E-state index contributed by atoms with van der Waals surface area (Å²) in [5.41, 5.74) is 7.87. The van der Waals surface area contributed by atoms with Gasteiger partial charge in [-0.15, -0.1) is 0 Å². The Kier molecular flexibility index (Phi) is 2.67. The maximum Gasteiger partial charge on any atom is 0.298 e. The molecule has 0 aliphatic rings. The zero-order valence-electron chi connectivity index (χ0n) is 10.9. The number of nitrogen functional groups attached to an aromatic ring is 1. The van der Waals surface area contributed by atoms with Gasteiger partial charge in [-0.05, 0) is 31.2 Å². The maximum atomic E-state index is 5.87. The van der Waals surface area contributed by atoms with Gasteiger partial charge in [-0.1, -0.05) is 6.07 Å². The molecule has 98 valence electrons. The highest BCUT2D eigenvalue weighted by Gasteiger charge is 2.13. The van der Waals surface area contributed by atoms with E-state index >= 15 is 0 Å². The number of oxazole rings is 1. The Labute approximate surface area is 110 Å². The number of benzene rings is 1. The van der Waals surface area contributed by atoms with Crippen molar-refractivity contribution < 1.29 is 8.83 Å². The van der Waals surface area contributed by atoms with Gasteiger partial charge in [0.25, 0.3) is 6.01 Å². The number of furan rings is 1. The molecule has 5 heteroatoms. The summed E-state index contributed by atoms with van der Waals surface area (Å²) in [4.78, 5) is 6.29. The molecule has 2 heterocycles. The van der Waals surface area contributed by atoms with Gasteiger partial charge in [-0.3, -0.25) is 0 Å². The van der Waals surface area contributed by atoms with E-state index in [9.17, 15) is 0 Å². The van der Waals surface area contributed by atoms with Crippen LogP contribution in [-0.2, 0) is 6.54 Å². The molecule has 0 saturated carbocycles. The van der Waals surface area contributed by atoms with Crippen LogP contribution in [-0.4, -0.2) is 12.0 Å². The van der Waals surface area contributed by atoms with Crippen LogP contribution < -0.4 is 10.6 Å². The number of nitrogens with zero attached hydrogens (tertiary/aromatic N) is 2. The number of aryl methyl sites for hydroxylation is 1. The summed E-state index contributed by atoms with van der Waals surface area (Å²) in [7, 11) is 1.90. The quantitative estimate of drug-likeness (QED) is 0.730. The second-order valence-corrected chi connectivity index (χ2v) is 4.56. The molecule has 0 bridgehead atoms. The molecular formula is C14H15N3O2. The smallest absolute Gasteiger partial charge is 0.298 e. The van der Waals surface area contributed by atoms with E-state index in [1.54, 1.807) is 0 Å². The molecule has 5 nitrogen and oxygen atoms in total. The third kappa shape index (κ3) is 2.14. The van der Waals surface area contributed by atoms with Gasteiger partial charge in [0.15, 0.2) is 5.58 Å². The number of rotatable bonds is 3. The molecule has 0 aliphatic heterocycles. The summed E-state index contributed by atoms with van der Waals surface area (Å²) in [5.74, 6) is 1.76. The van der Waals surface area contributed by atoms with Crippen molar-refractivity contribution in [1.29, 1.82) is 0 Å². The summed E-state index contributed by atoms with van der Waals surface area (Å²) in [6, 6.07) is 9.93. The van der Waals surface area contributed by atoms with Gasteiger partial charge in [-0.2, -0.15) is 4.98 Å². The molecule has 3 aromatic rings. The Morgan fingerprint density at radius 2 is 2.05 bits per heavy atom. The fraction of sp³-hybridized carbons (Fsp3) is 0.214. The molecule has 3 rings (SSSR count). The molecule has 2 N–H and O–H groups in total. The normalized spacial score (nSPS) is 11.1. The molecule has 0 unspecified atom stereocenters. The summed E-state index contributed by atoms with van der Waals surface area (Å²) in [6.07, 6.45) is 0. The van der Waals surface area contributed by atoms with Crippen LogP contribution in [0.2, 0.25) is 0 Å². The average Bonchev–Trinajstić information content (AvgIpc) is 2.96. The van der Waals surface area contributed by atoms with Crippen LogP contribution in [0, 0.1) is 6.92 Å². The molecule has 2 aromatic heterocycles. The second kappa shape index (κ2) is 4.35. The van der Waals surface area contributed by atoms with Gasteiger partial charge in [0.1, 0.15) is 17.0 Å². The van der Waals surface area contributed by atoms with Crippen molar-refractivity contribution in [2.45, 2.75) is 13.5 Å². The second-order valence-electron chi connectivity index (χ2n) is 4.56. The lowest BCUT2D eigenvalue weighted by Crippen LogP contribution is -2.16. The van der Waals surface area contributed by atoms with Crippen LogP contribution in [0.3, 0.4) is 0 Å².